The van der Waals surface area contributed by atoms with E-state index in [1.165, 1.54) is 11.1 Å². The summed E-state index contributed by atoms with van der Waals surface area (Å²) < 4.78 is 1.05. The van der Waals surface area contributed by atoms with E-state index < -0.39 is 0 Å². The molecule has 0 N–H and O–H groups in total. The summed E-state index contributed by atoms with van der Waals surface area (Å²) in [4.78, 5) is 14.6. The third kappa shape index (κ3) is 4.76. The monoisotopic (exact) mass is 491 g/mol. The van der Waals surface area contributed by atoms with Crippen LogP contribution in [0, 0.1) is 13.8 Å². The van der Waals surface area contributed by atoms with Crippen LogP contribution in [0.4, 0.5) is 0 Å². The maximum Gasteiger partial charge on any atom is 0.164 e. The van der Waals surface area contributed by atoms with Gasteiger partial charge in [0.1, 0.15) is 0 Å². The first kappa shape index (κ1) is 21.2. The molecule has 4 heteroatoms. The molecule has 1 heterocycles. The zero-order chi connectivity index (χ0) is 22.8. The van der Waals surface area contributed by atoms with Crippen molar-refractivity contribution in [2.24, 2.45) is 0 Å². The minimum Gasteiger partial charge on any atom is -0.208 e. The number of benzene rings is 4. The molecule has 0 aliphatic heterocycles. The maximum absolute atomic E-state index is 4.87. The van der Waals surface area contributed by atoms with Gasteiger partial charge in [-0.2, -0.15) is 0 Å². The van der Waals surface area contributed by atoms with Gasteiger partial charge in [0.25, 0.3) is 0 Å². The Morgan fingerprint density at radius 2 is 0.879 bits per heavy atom. The van der Waals surface area contributed by atoms with Crippen molar-refractivity contribution in [2.75, 3.05) is 0 Å². The van der Waals surface area contributed by atoms with Gasteiger partial charge in [-0.15, -0.1) is 0 Å². The average Bonchev–Trinajstić information content (AvgIpc) is 2.85. The Hall–Kier alpha value is -3.63. The number of rotatable bonds is 4. The predicted molar refractivity (Wildman–Crippen MR) is 139 cm³/mol. The number of hydrogen-bond donors (Lipinski definition) is 0. The fourth-order valence-electron chi connectivity index (χ4n) is 3.67. The van der Waals surface area contributed by atoms with E-state index in [0.717, 1.165) is 32.3 Å². The molecule has 0 fully saturated rings. The molecule has 0 saturated heterocycles. The van der Waals surface area contributed by atoms with Gasteiger partial charge in [0, 0.05) is 21.2 Å². The lowest BCUT2D eigenvalue weighted by Gasteiger charge is -2.10. The Kier molecular flexibility index (Phi) is 5.84. The van der Waals surface area contributed by atoms with Crippen molar-refractivity contribution in [3.8, 4) is 45.3 Å². The lowest BCUT2D eigenvalue weighted by molar-refractivity contribution is 1.07. The van der Waals surface area contributed by atoms with Crippen LogP contribution in [-0.4, -0.2) is 15.0 Å². The number of hydrogen-bond acceptors (Lipinski definition) is 3. The molecule has 0 radical (unpaired) electrons. The van der Waals surface area contributed by atoms with Crippen LogP contribution < -0.4 is 0 Å². The highest BCUT2D eigenvalue weighted by Gasteiger charge is 2.13. The third-order valence-corrected chi connectivity index (χ3v) is 6.03. The second-order valence-corrected chi connectivity index (χ2v) is 9.05. The standard InChI is InChI=1S/C29H22BrN3/c1-19-9-13-21(14-10-19)27-31-28(22-15-11-20(2)12-16-22)33-29(32-27)25-7-3-5-23(17-25)24-6-4-8-26(30)18-24/h3-18H,1-2H3. The van der Waals surface area contributed by atoms with Gasteiger partial charge in [-0.3, -0.25) is 0 Å². The molecule has 0 aliphatic rings. The molecule has 0 atom stereocenters. The first-order chi connectivity index (χ1) is 16.0. The van der Waals surface area contributed by atoms with Crippen LogP contribution >= 0.6 is 15.9 Å². The second kappa shape index (κ2) is 9.08. The Balaban J connectivity index is 1.66. The summed E-state index contributed by atoms with van der Waals surface area (Å²) >= 11 is 3.57. The molecule has 0 amide bonds. The molecule has 0 spiro atoms. The fourth-order valence-corrected chi connectivity index (χ4v) is 4.07. The lowest BCUT2D eigenvalue weighted by Crippen LogP contribution is -2.00. The van der Waals surface area contributed by atoms with Crippen LogP contribution in [-0.2, 0) is 0 Å². The molecule has 160 valence electrons. The van der Waals surface area contributed by atoms with Crippen molar-refractivity contribution in [1.29, 1.82) is 0 Å². The zero-order valence-electron chi connectivity index (χ0n) is 18.5. The molecule has 0 unspecified atom stereocenters. The minimum absolute atomic E-state index is 0.660. The van der Waals surface area contributed by atoms with Gasteiger partial charge in [0.05, 0.1) is 0 Å². The van der Waals surface area contributed by atoms with Crippen molar-refractivity contribution in [3.05, 3.63) is 113 Å². The third-order valence-electron chi connectivity index (χ3n) is 5.53. The largest absolute Gasteiger partial charge is 0.208 e. The van der Waals surface area contributed by atoms with E-state index in [2.05, 4.69) is 109 Å². The molecule has 33 heavy (non-hydrogen) atoms. The van der Waals surface area contributed by atoms with Gasteiger partial charge in [-0.1, -0.05) is 106 Å². The van der Waals surface area contributed by atoms with Crippen LogP contribution in [0.3, 0.4) is 0 Å². The second-order valence-electron chi connectivity index (χ2n) is 8.13. The quantitative estimate of drug-likeness (QED) is 0.256. The highest BCUT2D eigenvalue weighted by Crippen LogP contribution is 2.29. The summed E-state index contributed by atoms with van der Waals surface area (Å²) in [5, 5.41) is 0. The summed E-state index contributed by atoms with van der Waals surface area (Å²) in [7, 11) is 0. The molecule has 1 aromatic heterocycles. The summed E-state index contributed by atoms with van der Waals surface area (Å²) in [5.41, 5.74) is 7.56. The first-order valence-corrected chi connectivity index (χ1v) is 11.6. The SMILES string of the molecule is Cc1ccc(-c2nc(-c3ccc(C)cc3)nc(-c3cccc(-c4cccc(Br)c4)c3)n2)cc1. The van der Waals surface area contributed by atoms with Crippen molar-refractivity contribution in [1.82, 2.24) is 15.0 Å². The smallest absolute Gasteiger partial charge is 0.164 e. The maximum atomic E-state index is 4.87. The van der Waals surface area contributed by atoms with E-state index in [-0.39, 0.29) is 0 Å². The molecule has 4 aromatic carbocycles. The van der Waals surface area contributed by atoms with E-state index in [1.807, 2.05) is 18.2 Å². The molecule has 3 nitrogen and oxygen atoms in total. The van der Waals surface area contributed by atoms with E-state index >= 15 is 0 Å². The highest BCUT2D eigenvalue weighted by atomic mass is 79.9. The number of halogens is 1. The number of aryl methyl sites for hydroxylation is 2. The molecule has 5 aromatic rings. The fraction of sp³-hybridized carbons (Fsp3) is 0.0690. The molecular formula is C29H22BrN3. The van der Waals surface area contributed by atoms with Gasteiger partial charge in [0.15, 0.2) is 17.5 Å². The normalized spacial score (nSPS) is 10.9. The highest BCUT2D eigenvalue weighted by molar-refractivity contribution is 9.10. The van der Waals surface area contributed by atoms with Crippen LogP contribution in [0.15, 0.2) is 102 Å². The number of nitrogens with zero attached hydrogens (tertiary/aromatic N) is 3. The summed E-state index contributed by atoms with van der Waals surface area (Å²) in [6, 6.07) is 33.2. The summed E-state index contributed by atoms with van der Waals surface area (Å²) in [6.45, 7) is 4.15. The molecule has 0 saturated carbocycles. The zero-order valence-corrected chi connectivity index (χ0v) is 20.0. The van der Waals surface area contributed by atoms with Gasteiger partial charge in [-0.05, 0) is 43.2 Å². The summed E-state index contributed by atoms with van der Waals surface area (Å²) in [5.74, 6) is 2.00. The van der Waals surface area contributed by atoms with Gasteiger partial charge in [-0.25, -0.2) is 15.0 Å². The average molecular weight is 492 g/mol. The molecule has 0 aliphatic carbocycles. The first-order valence-electron chi connectivity index (χ1n) is 10.8. The van der Waals surface area contributed by atoms with E-state index in [4.69, 9.17) is 15.0 Å². The van der Waals surface area contributed by atoms with Gasteiger partial charge >= 0.3 is 0 Å². The van der Waals surface area contributed by atoms with Crippen molar-refractivity contribution in [3.63, 3.8) is 0 Å². The Labute approximate surface area is 202 Å². The number of aromatic nitrogens is 3. The predicted octanol–water partition coefficient (Wildman–Crippen LogP) is 7.92. The Morgan fingerprint density at radius 1 is 0.455 bits per heavy atom. The van der Waals surface area contributed by atoms with Gasteiger partial charge < -0.3 is 0 Å². The minimum atomic E-state index is 0.660. The van der Waals surface area contributed by atoms with Crippen molar-refractivity contribution < 1.29 is 0 Å². The summed E-state index contributed by atoms with van der Waals surface area (Å²) in [6.07, 6.45) is 0. The van der Waals surface area contributed by atoms with Crippen LogP contribution in [0.2, 0.25) is 0 Å². The van der Waals surface area contributed by atoms with E-state index in [1.54, 1.807) is 0 Å². The van der Waals surface area contributed by atoms with Crippen LogP contribution in [0.1, 0.15) is 11.1 Å². The lowest BCUT2D eigenvalue weighted by atomic mass is 10.0. The molecule has 5 rings (SSSR count). The van der Waals surface area contributed by atoms with E-state index in [0.29, 0.717) is 17.5 Å². The van der Waals surface area contributed by atoms with E-state index in [9.17, 15) is 0 Å². The van der Waals surface area contributed by atoms with Crippen molar-refractivity contribution >= 4 is 15.9 Å². The Bertz CT molecular complexity index is 1360. The topological polar surface area (TPSA) is 38.7 Å². The van der Waals surface area contributed by atoms with Crippen LogP contribution in [0.25, 0.3) is 45.3 Å². The van der Waals surface area contributed by atoms with Crippen molar-refractivity contribution in [2.45, 2.75) is 13.8 Å². The Morgan fingerprint density at radius 3 is 1.39 bits per heavy atom. The van der Waals surface area contributed by atoms with Crippen LogP contribution in [0.5, 0.6) is 0 Å². The molecule has 0 bridgehead atoms. The van der Waals surface area contributed by atoms with Gasteiger partial charge in [0.2, 0.25) is 0 Å². The molecular weight excluding hydrogens is 470 g/mol.